The Morgan fingerprint density at radius 3 is 2.64 bits per heavy atom. The zero-order valence-corrected chi connectivity index (χ0v) is 18.4. The Bertz CT molecular complexity index is 772. The van der Waals surface area contributed by atoms with Crippen LogP contribution in [-0.4, -0.2) is 31.8 Å². The highest BCUT2D eigenvalue weighted by Crippen LogP contribution is 2.28. The molecule has 0 spiro atoms. The van der Waals surface area contributed by atoms with E-state index in [1.54, 1.807) is 25.1 Å². The molecule has 0 aromatic heterocycles. The smallest absolute Gasteiger partial charge is 0.261 e. The van der Waals surface area contributed by atoms with E-state index in [9.17, 15) is 4.79 Å². The van der Waals surface area contributed by atoms with Crippen molar-refractivity contribution in [3.8, 4) is 5.75 Å². The summed E-state index contributed by atoms with van der Waals surface area (Å²) in [5, 5.41) is 3.49. The van der Waals surface area contributed by atoms with Gasteiger partial charge in [0.2, 0.25) is 0 Å². The molecule has 2 rings (SSSR count). The Hall–Kier alpha value is -1.60. The normalized spacial score (nSPS) is 11.9. The van der Waals surface area contributed by atoms with E-state index < -0.39 is 6.10 Å². The van der Waals surface area contributed by atoms with E-state index >= 15 is 0 Å². The fourth-order valence-corrected chi connectivity index (χ4v) is 3.21. The summed E-state index contributed by atoms with van der Waals surface area (Å²) < 4.78 is 17.2. The van der Waals surface area contributed by atoms with Gasteiger partial charge in [0, 0.05) is 18.2 Å². The van der Waals surface area contributed by atoms with Crippen LogP contribution in [0.3, 0.4) is 0 Å². The molecule has 28 heavy (non-hydrogen) atoms. The summed E-state index contributed by atoms with van der Waals surface area (Å²) in [5.74, 6) is 0.374. The summed E-state index contributed by atoms with van der Waals surface area (Å²) in [6.45, 7) is 6.44. The average molecular weight is 471 g/mol. The number of carbonyl (C=O) groups is 1. The molecule has 0 aliphatic rings. The number of amides is 1. The van der Waals surface area contributed by atoms with Gasteiger partial charge in [0.1, 0.15) is 5.75 Å². The highest BCUT2D eigenvalue weighted by molar-refractivity contribution is 9.10. The van der Waals surface area contributed by atoms with Crippen molar-refractivity contribution in [2.24, 2.45) is 0 Å². The first-order valence-electron chi connectivity index (χ1n) is 9.12. The van der Waals surface area contributed by atoms with Gasteiger partial charge < -0.3 is 19.5 Å². The fourth-order valence-electron chi connectivity index (χ4n) is 2.43. The molecule has 0 aliphatic carbocycles. The minimum absolute atomic E-state index is 0.194. The number of nitrogens with one attached hydrogen (secondary N) is 1. The van der Waals surface area contributed by atoms with Crippen molar-refractivity contribution >= 4 is 33.4 Å². The van der Waals surface area contributed by atoms with Crippen LogP contribution in [0.1, 0.15) is 25.0 Å². The van der Waals surface area contributed by atoms with Gasteiger partial charge in [-0.2, -0.15) is 0 Å². The maximum atomic E-state index is 12.3. The Morgan fingerprint density at radius 1 is 1.14 bits per heavy atom. The van der Waals surface area contributed by atoms with E-state index in [4.69, 9.17) is 25.8 Å². The summed E-state index contributed by atoms with van der Waals surface area (Å²) in [6, 6.07) is 13.1. The number of benzene rings is 2. The number of carbonyl (C=O) groups excluding carboxylic acids is 1. The first-order chi connectivity index (χ1) is 13.5. The monoisotopic (exact) mass is 469 g/mol. The molecule has 1 unspecified atom stereocenters. The second-order valence-electron chi connectivity index (χ2n) is 6.12. The largest absolute Gasteiger partial charge is 0.480 e. The van der Waals surface area contributed by atoms with Crippen molar-refractivity contribution < 1.29 is 19.0 Å². The third-order valence-electron chi connectivity index (χ3n) is 3.87. The molecule has 0 bridgehead atoms. The number of halogens is 2. The van der Waals surface area contributed by atoms with E-state index in [0.717, 1.165) is 11.1 Å². The van der Waals surface area contributed by atoms with E-state index in [-0.39, 0.29) is 5.91 Å². The molecule has 0 radical (unpaired) electrons. The van der Waals surface area contributed by atoms with Crippen molar-refractivity contribution in [1.82, 2.24) is 5.32 Å². The molecule has 7 heteroatoms. The molecule has 0 saturated heterocycles. The van der Waals surface area contributed by atoms with Crippen LogP contribution in [0.15, 0.2) is 46.9 Å². The second-order valence-corrected chi connectivity index (χ2v) is 7.41. The van der Waals surface area contributed by atoms with Crippen molar-refractivity contribution in [3.05, 3.63) is 63.1 Å². The maximum absolute atomic E-state index is 12.3. The quantitative estimate of drug-likeness (QED) is 0.482. The van der Waals surface area contributed by atoms with Crippen molar-refractivity contribution in [1.29, 1.82) is 0 Å². The van der Waals surface area contributed by atoms with Gasteiger partial charge in [0.25, 0.3) is 5.91 Å². The van der Waals surface area contributed by atoms with Crippen LogP contribution in [0, 0.1) is 0 Å². The lowest BCUT2D eigenvalue weighted by atomic mass is 10.1. The molecular weight excluding hydrogens is 446 g/mol. The lowest BCUT2D eigenvalue weighted by molar-refractivity contribution is -0.127. The number of rotatable bonds is 11. The van der Waals surface area contributed by atoms with Crippen molar-refractivity contribution in [2.45, 2.75) is 33.1 Å². The van der Waals surface area contributed by atoms with E-state index in [1.165, 1.54) is 0 Å². The van der Waals surface area contributed by atoms with Crippen LogP contribution in [0.2, 0.25) is 5.02 Å². The third kappa shape index (κ3) is 7.80. The zero-order chi connectivity index (χ0) is 20.4. The van der Waals surface area contributed by atoms with Gasteiger partial charge in [-0.05, 0) is 59.1 Å². The molecule has 0 saturated carbocycles. The highest BCUT2D eigenvalue weighted by atomic mass is 79.9. The van der Waals surface area contributed by atoms with Gasteiger partial charge in [-0.15, -0.1) is 0 Å². The topological polar surface area (TPSA) is 56.8 Å². The molecule has 2 aromatic carbocycles. The molecule has 2 aromatic rings. The van der Waals surface area contributed by atoms with E-state index in [1.807, 2.05) is 31.2 Å². The predicted molar refractivity (Wildman–Crippen MR) is 114 cm³/mol. The Morgan fingerprint density at radius 2 is 1.89 bits per heavy atom. The summed E-state index contributed by atoms with van der Waals surface area (Å²) in [7, 11) is 0. The molecule has 0 heterocycles. The van der Waals surface area contributed by atoms with E-state index in [0.29, 0.717) is 48.2 Å². The van der Waals surface area contributed by atoms with Gasteiger partial charge in [-0.3, -0.25) is 4.79 Å². The molecular formula is C21H25BrClNO4. The van der Waals surface area contributed by atoms with Crippen LogP contribution < -0.4 is 10.1 Å². The predicted octanol–water partition coefficient (Wildman–Crippen LogP) is 4.74. The molecule has 152 valence electrons. The van der Waals surface area contributed by atoms with Gasteiger partial charge in [0.05, 0.1) is 24.3 Å². The van der Waals surface area contributed by atoms with Gasteiger partial charge in [-0.1, -0.05) is 35.9 Å². The van der Waals surface area contributed by atoms with Crippen LogP contribution in [0.4, 0.5) is 0 Å². The molecule has 0 aliphatic heterocycles. The second kappa shape index (κ2) is 12.1. The first kappa shape index (κ1) is 22.7. The summed E-state index contributed by atoms with van der Waals surface area (Å²) in [5.41, 5.74) is 2.05. The van der Waals surface area contributed by atoms with Gasteiger partial charge >= 0.3 is 0 Å². The first-order valence-corrected chi connectivity index (χ1v) is 10.3. The molecule has 1 N–H and O–H groups in total. The SMILES string of the molecule is CCOCCOCc1cccc(CNC(=O)C(C)Oc2ccc(Cl)cc2Br)c1. The molecule has 1 atom stereocenters. The minimum atomic E-state index is -0.637. The third-order valence-corrected chi connectivity index (χ3v) is 4.72. The van der Waals surface area contributed by atoms with Crippen LogP contribution in [0.25, 0.3) is 0 Å². The average Bonchev–Trinajstić information content (AvgIpc) is 2.68. The zero-order valence-electron chi connectivity index (χ0n) is 16.0. The number of hydrogen-bond donors (Lipinski definition) is 1. The fraction of sp³-hybridized carbons (Fsp3) is 0.381. The Kier molecular flexibility index (Phi) is 9.78. The standard InChI is InChI=1S/C21H25BrClNO4/c1-3-26-9-10-27-14-17-6-4-5-16(11-17)13-24-21(25)15(2)28-20-8-7-18(23)12-19(20)22/h4-8,11-12,15H,3,9-10,13-14H2,1-2H3,(H,24,25). The summed E-state index contributed by atoms with van der Waals surface area (Å²) in [6.07, 6.45) is -0.637. The van der Waals surface area contributed by atoms with Crippen molar-refractivity contribution in [3.63, 3.8) is 0 Å². The highest BCUT2D eigenvalue weighted by Gasteiger charge is 2.16. The van der Waals surface area contributed by atoms with Crippen molar-refractivity contribution in [2.75, 3.05) is 19.8 Å². The summed E-state index contributed by atoms with van der Waals surface area (Å²) >= 11 is 9.30. The van der Waals surface area contributed by atoms with E-state index in [2.05, 4.69) is 21.2 Å². The Labute approximate surface area is 179 Å². The minimum Gasteiger partial charge on any atom is -0.480 e. The van der Waals surface area contributed by atoms with Crippen LogP contribution >= 0.6 is 27.5 Å². The molecule has 1 amide bonds. The van der Waals surface area contributed by atoms with Gasteiger partial charge in [0.15, 0.2) is 6.10 Å². The lowest BCUT2D eigenvalue weighted by Gasteiger charge is -2.16. The molecule has 5 nitrogen and oxygen atoms in total. The van der Waals surface area contributed by atoms with Crippen LogP contribution in [-0.2, 0) is 27.4 Å². The number of hydrogen-bond acceptors (Lipinski definition) is 4. The summed E-state index contributed by atoms with van der Waals surface area (Å²) in [4.78, 5) is 12.3. The number of ether oxygens (including phenoxy) is 3. The maximum Gasteiger partial charge on any atom is 0.261 e. The lowest BCUT2D eigenvalue weighted by Crippen LogP contribution is -2.36. The molecule has 0 fully saturated rings. The van der Waals surface area contributed by atoms with Gasteiger partial charge in [-0.25, -0.2) is 0 Å². The Balaban J connectivity index is 1.80. The van der Waals surface area contributed by atoms with Crippen LogP contribution in [0.5, 0.6) is 5.75 Å².